The average Bonchev–Trinajstić information content (AvgIpc) is 2.75. The van der Waals surface area contributed by atoms with Crippen molar-refractivity contribution in [2.24, 2.45) is 5.92 Å². The van der Waals surface area contributed by atoms with Gasteiger partial charge in [0.15, 0.2) is 11.6 Å². The maximum absolute atomic E-state index is 14.0. The third-order valence-electron chi connectivity index (χ3n) is 4.36. The summed E-state index contributed by atoms with van der Waals surface area (Å²) in [6.07, 6.45) is -4.59. The van der Waals surface area contributed by atoms with Crippen molar-refractivity contribution in [3.8, 4) is 17.2 Å². The number of halogens is 6. The van der Waals surface area contributed by atoms with Gasteiger partial charge in [-0.2, -0.15) is 13.2 Å². The van der Waals surface area contributed by atoms with Gasteiger partial charge >= 0.3 is 6.18 Å². The Kier molecular flexibility index (Phi) is 7.93. The van der Waals surface area contributed by atoms with Crippen molar-refractivity contribution in [3.05, 3.63) is 89.0 Å². The SMILES string of the molecule is Fc1ccc(OCC(COCc2ccc(F)c(Oc3ccccc3)c2)C(F)(F)F)cc1Cl. The van der Waals surface area contributed by atoms with Gasteiger partial charge in [-0.15, -0.1) is 0 Å². The van der Waals surface area contributed by atoms with Crippen LogP contribution in [0.15, 0.2) is 66.7 Å². The van der Waals surface area contributed by atoms with Crippen molar-refractivity contribution in [1.29, 1.82) is 0 Å². The summed E-state index contributed by atoms with van der Waals surface area (Å²) in [5.74, 6) is -2.90. The van der Waals surface area contributed by atoms with E-state index < -0.39 is 36.9 Å². The molecular weight excluding hydrogens is 455 g/mol. The highest BCUT2D eigenvalue weighted by Gasteiger charge is 2.40. The fourth-order valence-electron chi connectivity index (χ4n) is 2.65. The van der Waals surface area contributed by atoms with Crippen LogP contribution in [0.4, 0.5) is 22.0 Å². The van der Waals surface area contributed by atoms with Crippen molar-refractivity contribution in [1.82, 2.24) is 0 Å². The van der Waals surface area contributed by atoms with Crippen LogP contribution in [-0.4, -0.2) is 19.4 Å². The van der Waals surface area contributed by atoms with Crippen LogP contribution in [0.5, 0.6) is 17.2 Å². The molecule has 0 N–H and O–H groups in total. The van der Waals surface area contributed by atoms with E-state index >= 15 is 0 Å². The molecule has 0 heterocycles. The van der Waals surface area contributed by atoms with Crippen LogP contribution in [0.25, 0.3) is 0 Å². The molecular formula is C23H18ClF5O3. The molecule has 170 valence electrons. The van der Waals surface area contributed by atoms with Crippen LogP contribution >= 0.6 is 11.6 Å². The van der Waals surface area contributed by atoms with Crippen LogP contribution in [0.2, 0.25) is 5.02 Å². The first-order valence-electron chi connectivity index (χ1n) is 9.46. The number of benzene rings is 3. The third-order valence-corrected chi connectivity index (χ3v) is 4.65. The molecule has 0 spiro atoms. The molecule has 0 aliphatic carbocycles. The Labute approximate surface area is 186 Å². The Morgan fingerprint density at radius 1 is 0.812 bits per heavy atom. The fourth-order valence-corrected chi connectivity index (χ4v) is 2.82. The van der Waals surface area contributed by atoms with Crippen LogP contribution in [0, 0.1) is 17.6 Å². The smallest absolute Gasteiger partial charge is 0.397 e. The zero-order valence-electron chi connectivity index (χ0n) is 16.5. The molecule has 3 aromatic rings. The summed E-state index contributed by atoms with van der Waals surface area (Å²) in [7, 11) is 0. The summed E-state index contributed by atoms with van der Waals surface area (Å²) < 4.78 is 83.0. The minimum atomic E-state index is -4.59. The second-order valence-electron chi connectivity index (χ2n) is 6.82. The van der Waals surface area contributed by atoms with E-state index in [4.69, 9.17) is 25.8 Å². The molecule has 0 fully saturated rings. The molecule has 0 saturated carbocycles. The van der Waals surface area contributed by atoms with Crippen LogP contribution in [0.3, 0.4) is 0 Å². The first kappa shape index (κ1) is 23.8. The molecule has 1 atom stereocenters. The monoisotopic (exact) mass is 472 g/mol. The number of hydrogen-bond acceptors (Lipinski definition) is 3. The summed E-state index contributed by atoms with van der Waals surface area (Å²) in [6.45, 7) is -1.62. The molecule has 0 saturated heterocycles. The maximum atomic E-state index is 14.0. The Bertz CT molecular complexity index is 1030. The summed E-state index contributed by atoms with van der Waals surface area (Å²) in [5.41, 5.74) is 0.435. The van der Waals surface area contributed by atoms with Crippen LogP contribution in [0.1, 0.15) is 5.56 Å². The van der Waals surface area contributed by atoms with E-state index in [2.05, 4.69) is 0 Å². The first-order chi connectivity index (χ1) is 15.2. The molecule has 0 aliphatic rings. The van der Waals surface area contributed by atoms with E-state index in [0.29, 0.717) is 11.3 Å². The third kappa shape index (κ3) is 6.83. The van der Waals surface area contributed by atoms with E-state index in [-0.39, 0.29) is 23.1 Å². The Morgan fingerprint density at radius 3 is 2.22 bits per heavy atom. The maximum Gasteiger partial charge on any atom is 0.397 e. The summed E-state index contributed by atoms with van der Waals surface area (Å²) in [6, 6.07) is 15.7. The largest absolute Gasteiger partial charge is 0.493 e. The Hall–Kier alpha value is -2.84. The van der Waals surface area contributed by atoms with Gasteiger partial charge in [0.2, 0.25) is 0 Å². The van der Waals surface area contributed by atoms with Crippen LogP contribution < -0.4 is 9.47 Å². The van der Waals surface area contributed by atoms with Gasteiger partial charge in [0.05, 0.1) is 18.2 Å². The molecule has 0 radical (unpaired) electrons. The summed E-state index contributed by atoms with van der Waals surface area (Å²) in [4.78, 5) is 0. The lowest BCUT2D eigenvalue weighted by Crippen LogP contribution is -2.32. The molecule has 0 amide bonds. The van der Waals surface area contributed by atoms with Gasteiger partial charge in [-0.05, 0) is 42.0 Å². The molecule has 9 heteroatoms. The van der Waals surface area contributed by atoms with E-state index in [1.807, 2.05) is 0 Å². The molecule has 1 unspecified atom stereocenters. The normalized spacial score (nSPS) is 12.4. The predicted molar refractivity (Wildman–Crippen MR) is 109 cm³/mol. The molecule has 0 aromatic heterocycles. The average molecular weight is 473 g/mol. The molecule has 3 nitrogen and oxygen atoms in total. The topological polar surface area (TPSA) is 27.7 Å². The van der Waals surface area contributed by atoms with Crippen molar-refractivity contribution < 1.29 is 36.2 Å². The number of hydrogen-bond donors (Lipinski definition) is 0. The highest BCUT2D eigenvalue weighted by molar-refractivity contribution is 6.30. The lowest BCUT2D eigenvalue weighted by Gasteiger charge is -2.21. The van der Waals surface area contributed by atoms with Crippen molar-refractivity contribution in [3.63, 3.8) is 0 Å². The first-order valence-corrected chi connectivity index (χ1v) is 9.84. The zero-order chi connectivity index (χ0) is 23.1. The fraction of sp³-hybridized carbons (Fsp3) is 0.217. The Balaban J connectivity index is 1.58. The van der Waals surface area contributed by atoms with E-state index in [1.165, 1.54) is 18.2 Å². The number of rotatable bonds is 9. The van der Waals surface area contributed by atoms with Crippen LogP contribution in [-0.2, 0) is 11.3 Å². The minimum Gasteiger partial charge on any atom is -0.493 e. The lowest BCUT2D eigenvalue weighted by molar-refractivity contribution is -0.196. The zero-order valence-corrected chi connectivity index (χ0v) is 17.3. The van der Waals surface area contributed by atoms with Gasteiger partial charge in [-0.25, -0.2) is 8.78 Å². The summed E-state index contributed by atoms with van der Waals surface area (Å²) in [5, 5.41) is -0.257. The molecule has 3 rings (SSSR count). The summed E-state index contributed by atoms with van der Waals surface area (Å²) >= 11 is 5.61. The second-order valence-corrected chi connectivity index (χ2v) is 7.23. The van der Waals surface area contributed by atoms with E-state index in [0.717, 1.165) is 18.2 Å². The standard InChI is InChI=1S/C23H18ClF5O3/c24-19-11-18(7-9-20(19)25)31-14-16(23(27,28)29)13-30-12-15-6-8-21(26)22(10-15)32-17-4-2-1-3-5-17/h1-11,16H,12-14H2. The van der Waals surface area contributed by atoms with Gasteiger partial charge < -0.3 is 14.2 Å². The minimum absolute atomic E-state index is 0.00638. The van der Waals surface area contributed by atoms with Gasteiger partial charge in [-0.1, -0.05) is 35.9 Å². The second kappa shape index (κ2) is 10.7. The lowest BCUT2D eigenvalue weighted by atomic mass is 10.1. The van der Waals surface area contributed by atoms with Gasteiger partial charge in [0.25, 0.3) is 0 Å². The van der Waals surface area contributed by atoms with Crippen molar-refractivity contribution >= 4 is 11.6 Å². The Morgan fingerprint density at radius 2 is 1.53 bits per heavy atom. The molecule has 3 aromatic carbocycles. The van der Waals surface area contributed by atoms with Gasteiger partial charge in [0, 0.05) is 6.07 Å². The number of alkyl halides is 3. The quantitative estimate of drug-likeness (QED) is 0.309. The van der Waals surface area contributed by atoms with E-state index in [1.54, 1.807) is 30.3 Å². The number of para-hydroxylation sites is 1. The van der Waals surface area contributed by atoms with Crippen molar-refractivity contribution in [2.45, 2.75) is 12.8 Å². The van der Waals surface area contributed by atoms with Gasteiger partial charge in [0.1, 0.15) is 29.8 Å². The molecule has 0 aliphatic heterocycles. The molecule has 32 heavy (non-hydrogen) atoms. The number of ether oxygens (including phenoxy) is 3. The molecule has 0 bridgehead atoms. The highest BCUT2D eigenvalue weighted by Crippen LogP contribution is 2.30. The van der Waals surface area contributed by atoms with E-state index in [9.17, 15) is 22.0 Å². The highest BCUT2D eigenvalue weighted by atomic mass is 35.5. The van der Waals surface area contributed by atoms with Crippen molar-refractivity contribution in [2.75, 3.05) is 13.2 Å². The van der Waals surface area contributed by atoms with Gasteiger partial charge in [-0.3, -0.25) is 0 Å². The predicted octanol–water partition coefficient (Wildman–Crippen LogP) is 7.18.